The summed E-state index contributed by atoms with van der Waals surface area (Å²) in [5.41, 5.74) is 3.33. The molecule has 5 heteroatoms. The molecule has 0 aliphatic carbocycles. The van der Waals surface area contributed by atoms with Crippen LogP contribution in [0.1, 0.15) is 16.7 Å². The maximum absolute atomic E-state index is 5.23. The first-order valence-electron chi connectivity index (χ1n) is 8.91. The predicted molar refractivity (Wildman–Crippen MR) is 128 cm³/mol. The molecule has 0 fully saturated rings. The molecule has 0 N–H and O–H groups in total. The number of nitrogens with zero attached hydrogens (tertiary/aromatic N) is 2. The molecule has 0 saturated carbocycles. The Hall–Kier alpha value is -1.92. The van der Waals surface area contributed by atoms with Gasteiger partial charge in [0.25, 0.3) is 0 Å². The van der Waals surface area contributed by atoms with E-state index in [2.05, 4.69) is 67.5 Å². The van der Waals surface area contributed by atoms with E-state index in [1.807, 2.05) is 36.4 Å². The first-order valence-corrected chi connectivity index (χ1v) is 15.8. The Labute approximate surface area is 178 Å². The van der Waals surface area contributed by atoms with Gasteiger partial charge in [0.15, 0.2) is 0 Å². The Morgan fingerprint density at radius 1 is 0.571 bits per heavy atom. The van der Waals surface area contributed by atoms with Gasteiger partial charge in [-0.2, -0.15) is 0 Å². The van der Waals surface area contributed by atoms with E-state index in [9.17, 15) is 0 Å². The molecule has 0 spiro atoms. The second-order valence-electron chi connectivity index (χ2n) is 6.77. The molecule has 0 aromatic heterocycles. The molecule has 0 saturated heterocycles. The van der Waals surface area contributed by atoms with Crippen LogP contribution in [-0.4, -0.2) is 28.3 Å². The summed E-state index contributed by atoms with van der Waals surface area (Å²) in [5, 5.41) is 5.46. The van der Waals surface area contributed by atoms with Gasteiger partial charge in [-0.25, -0.2) is 0 Å². The van der Waals surface area contributed by atoms with Crippen molar-refractivity contribution < 1.29 is 0 Å². The van der Waals surface area contributed by atoms with Gasteiger partial charge in [-0.15, -0.1) is 0 Å². The van der Waals surface area contributed by atoms with E-state index in [1.165, 1.54) is 0 Å². The summed E-state index contributed by atoms with van der Waals surface area (Å²) in [6.07, 6.45) is 0. The average Bonchev–Trinajstić information content (AvgIpc) is 2.69. The van der Waals surface area contributed by atoms with E-state index in [0.717, 1.165) is 27.2 Å². The van der Waals surface area contributed by atoms with Crippen LogP contribution in [0.5, 0.6) is 0 Å². The quantitative estimate of drug-likeness (QED) is 0.291. The molecule has 3 rings (SSSR count). The fourth-order valence-corrected chi connectivity index (χ4v) is 20.8. The third-order valence-corrected chi connectivity index (χ3v) is 21.1. The second-order valence-corrected chi connectivity index (χ2v) is 18.2. The minimum absolute atomic E-state index is 1.08. The fourth-order valence-electron chi connectivity index (χ4n) is 4.01. The van der Waals surface area contributed by atoms with E-state index in [4.69, 9.17) is 30.7 Å². The molecular weight excluding hydrogens is 490 g/mol. The Balaban J connectivity index is 2.77. The van der Waals surface area contributed by atoms with Crippen LogP contribution in [0.4, 0.5) is 0 Å². The molecule has 2 nitrogen and oxygen atoms in total. The first kappa shape index (κ1) is 20.8. The number of aryl methyl sites for hydroxylation is 3. The molecule has 3 aromatic rings. The van der Waals surface area contributed by atoms with Crippen LogP contribution >= 0.6 is 24.4 Å². The first-order chi connectivity index (χ1) is 13.5. The standard InChI is InChI=1S/3C7H7.2CNS.Sb/c3*1-7-5-3-2-4-6-7;2*2-1-3;/h3*2-5H,1H3;;;/q;;;2*-1;+2. The number of thiocarbonyl (C=S) groups is 2. The molecule has 28 heavy (non-hydrogen) atoms. The normalized spacial score (nSPS) is 12.2. The van der Waals surface area contributed by atoms with Gasteiger partial charge in [-0.05, 0) is 0 Å². The number of rotatable bonds is 5. The van der Waals surface area contributed by atoms with E-state index in [0.29, 0.717) is 0 Å². The van der Waals surface area contributed by atoms with E-state index >= 15 is 0 Å². The third kappa shape index (κ3) is 3.03. The second kappa shape index (κ2) is 8.21. The van der Waals surface area contributed by atoms with Gasteiger partial charge in [0, 0.05) is 0 Å². The predicted octanol–water partition coefficient (Wildman–Crippen LogP) is 4.24. The van der Waals surface area contributed by atoms with Crippen molar-refractivity contribution >= 4 is 63.2 Å². The van der Waals surface area contributed by atoms with Crippen molar-refractivity contribution in [1.82, 2.24) is 0 Å². The van der Waals surface area contributed by atoms with Crippen molar-refractivity contribution in [2.45, 2.75) is 20.8 Å². The fraction of sp³-hybridized carbons (Fsp3) is 0.130. The van der Waals surface area contributed by atoms with Gasteiger partial charge < -0.3 is 0 Å². The van der Waals surface area contributed by atoms with Gasteiger partial charge in [0.2, 0.25) is 0 Å². The zero-order chi connectivity index (χ0) is 20.2. The molecule has 0 unspecified atom stereocenters. The van der Waals surface area contributed by atoms with Crippen LogP contribution in [0, 0.1) is 20.8 Å². The topological polar surface area (TPSA) is 24.7 Å². The molecule has 3 aromatic carbocycles. The summed E-state index contributed by atoms with van der Waals surface area (Å²) in [5.74, 6) is 0. The van der Waals surface area contributed by atoms with Gasteiger partial charge in [-0.3, -0.25) is 0 Å². The molecule has 0 heterocycles. The van der Waals surface area contributed by atoms with Crippen LogP contribution in [0.3, 0.4) is 0 Å². The number of isothiocyanates is 2. The number of benzene rings is 3. The van der Waals surface area contributed by atoms with Crippen molar-refractivity contribution in [1.29, 1.82) is 0 Å². The number of hydrogen-bond donors (Lipinski definition) is 0. The zero-order valence-corrected chi connectivity index (χ0v) is 20.3. The summed E-state index contributed by atoms with van der Waals surface area (Å²) in [6, 6.07) is 24.8. The molecule has 0 bridgehead atoms. The molecule has 140 valence electrons. The van der Waals surface area contributed by atoms with Crippen molar-refractivity contribution in [2.24, 2.45) is 6.30 Å². The van der Waals surface area contributed by atoms with Crippen LogP contribution in [0.2, 0.25) is 0 Å². The van der Waals surface area contributed by atoms with Crippen LogP contribution in [0.25, 0.3) is 0 Å². The minimum atomic E-state index is -4.93. The zero-order valence-electron chi connectivity index (χ0n) is 16.1. The Bertz CT molecular complexity index is 1010. The van der Waals surface area contributed by atoms with Crippen molar-refractivity contribution in [3.05, 3.63) is 89.5 Å². The Morgan fingerprint density at radius 3 is 1.11 bits per heavy atom. The number of hydrogen-bond acceptors (Lipinski definition) is 4. The summed E-state index contributed by atoms with van der Waals surface area (Å²) in [4.78, 5) is 0. The van der Waals surface area contributed by atoms with E-state index in [1.54, 1.807) is 0 Å². The van der Waals surface area contributed by atoms with Gasteiger partial charge >= 0.3 is 180 Å². The van der Waals surface area contributed by atoms with Crippen LogP contribution < -0.4 is 10.5 Å². The Morgan fingerprint density at radius 2 is 0.857 bits per heavy atom. The van der Waals surface area contributed by atoms with Gasteiger partial charge in [-0.1, -0.05) is 0 Å². The summed E-state index contributed by atoms with van der Waals surface area (Å²) in [6.45, 7) is 6.28. The van der Waals surface area contributed by atoms with Crippen molar-refractivity contribution in [3.8, 4) is 0 Å². The molecule has 0 aliphatic heterocycles. The molecule has 0 amide bonds. The summed E-state index contributed by atoms with van der Waals surface area (Å²) in [7, 11) is 0. The summed E-state index contributed by atoms with van der Waals surface area (Å²) < 4.78 is 13.3. The molecular formula is C23H21N2S2Sb. The Kier molecular flexibility index (Phi) is 6.10. The molecule has 0 radical (unpaired) electrons. The summed E-state index contributed by atoms with van der Waals surface area (Å²) >= 11 is 5.53. The molecule has 0 atom stereocenters. The average molecular weight is 511 g/mol. The van der Waals surface area contributed by atoms with Crippen molar-refractivity contribution in [3.63, 3.8) is 0 Å². The SMILES string of the molecule is Cc1cccc[c]1[Sb]([N]=C=S)([N]=C=S)([c]1ccccc1C)[c]1ccccc1C. The monoisotopic (exact) mass is 510 g/mol. The van der Waals surface area contributed by atoms with Crippen molar-refractivity contribution in [2.75, 3.05) is 0 Å². The maximum atomic E-state index is 5.23. The van der Waals surface area contributed by atoms with Gasteiger partial charge in [0.1, 0.15) is 0 Å². The van der Waals surface area contributed by atoms with Crippen LogP contribution in [0.15, 0.2) is 79.1 Å². The van der Waals surface area contributed by atoms with E-state index < -0.39 is 18.0 Å². The molecule has 0 aliphatic rings. The van der Waals surface area contributed by atoms with Gasteiger partial charge in [0.05, 0.1) is 0 Å². The van der Waals surface area contributed by atoms with Crippen LogP contribution in [-0.2, 0) is 0 Å². The third-order valence-electron chi connectivity index (χ3n) is 5.19. The van der Waals surface area contributed by atoms with E-state index in [-0.39, 0.29) is 0 Å².